The molecule has 1 saturated heterocycles. The molecule has 86 valence electrons. The third kappa shape index (κ3) is 2.11. The van der Waals surface area contributed by atoms with Gasteiger partial charge >= 0.3 is 0 Å². The molecule has 2 unspecified atom stereocenters. The second-order valence-corrected chi connectivity index (χ2v) is 4.66. The van der Waals surface area contributed by atoms with Crippen LogP contribution in [0.2, 0.25) is 0 Å². The summed E-state index contributed by atoms with van der Waals surface area (Å²) in [5, 5.41) is 0. The fraction of sp³-hybridized carbons (Fsp3) is 0.500. The van der Waals surface area contributed by atoms with Crippen molar-refractivity contribution in [2.24, 2.45) is 11.8 Å². The van der Waals surface area contributed by atoms with Crippen LogP contribution >= 0.6 is 0 Å². The maximum Gasteiger partial charge on any atom is 0.226 e. The van der Waals surface area contributed by atoms with Gasteiger partial charge in [-0.25, -0.2) is 0 Å². The molecule has 1 aromatic rings. The van der Waals surface area contributed by atoms with Crippen LogP contribution in [0.25, 0.3) is 0 Å². The molecule has 1 fully saturated rings. The van der Waals surface area contributed by atoms with Crippen LogP contribution in [0.4, 0.5) is 0 Å². The van der Waals surface area contributed by atoms with E-state index < -0.39 is 0 Å². The van der Waals surface area contributed by atoms with Gasteiger partial charge in [0.05, 0.1) is 0 Å². The molecular weight excluding hydrogens is 198 g/mol. The second-order valence-electron chi connectivity index (χ2n) is 4.66. The SMILES string of the molecule is CCC1CN(Cc2ccccc2)C(=O)C1C. The Morgan fingerprint density at radius 1 is 1.31 bits per heavy atom. The van der Waals surface area contributed by atoms with Crippen LogP contribution in [-0.4, -0.2) is 17.4 Å². The van der Waals surface area contributed by atoms with E-state index in [-0.39, 0.29) is 5.92 Å². The topological polar surface area (TPSA) is 20.3 Å². The van der Waals surface area contributed by atoms with Crippen molar-refractivity contribution in [3.63, 3.8) is 0 Å². The zero-order valence-corrected chi connectivity index (χ0v) is 10.0. The Morgan fingerprint density at radius 3 is 2.56 bits per heavy atom. The van der Waals surface area contributed by atoms with Crippen molar-refractivity contribution in [1.82, 2.24) is 4.90 Å². The number of amides is 1. The lowest BCUT2D eigenvalue weighted by Gasteiger charge is -2.16. The van der Waals surface area contributed by atoms with Gasteiger partial charge in [-0.15, -0.1) is 0 Å². The summed E-state index contributed by atoms with van der Waals surface area (Å²) in [6, 6.07) is 10.2. The largest absolute Gasteiger partial charge is 0.338 e. The number of carbonyl (C=O) groups excluding carboxylic acids is 1. The van der Waals surface area contributed by atoms with Crippen LogP contribution < -0.4 is 0 Å². The van der Waals surface area contributed by atoms with E-state index >= 15 is 0 Å². The Balaban J connectivity index is 2.04. The molecule has 2 atom stereocenters. The van der Waals surface area contributed by atoms with Gasteiger partial charge in [0.1, 0.15) is 0 Å². The van der Waals surface area contributed by atoms with Crippen molar-refractivity contribution in [2.75, 3.05) is 6.54 Å². The summed E-state index contributed by atoms with van der Waals surface area (Å²) in [7, 11) is 0. The molecule has 0 bridgehead atoms. The number of likely N-dealkylation sites (tertiary alicyclic amines) is 1. The zero-order chi connectivity index (χ0) is 11.5. The minimum absolute atomic E-state index is 0.203. The summed E-state index contributed by atoms with van der Waals surface area (Å²) >= 11 is 0. The van der Waals surface area contributed by atoms with Gasteiger partial charge in [-0.1, -0.05) is 50.6 Å². The Morgan fingerprint density at radius 2 is 2.00 bits per heavy atom. The van der Waals surface area contributed by atoms with Crippen LogP contribution in [0.5, 0.6) is 0 Å². The maximum absolute atomic E-state index is 12.0. The molecular formula is C14H19NO. The average Bonchev–Trinajstić information content (AvgIpc) is 2.58. The molecule has 0 N–H and O–H groups in total. The maximum atomic E-state index is 12.0. The lowest BCUT2D eigenvalue weighted by molar-refractivity contribution is -0.131. The molecule has 1 aromatic carbocycles. The molecule has 2 rings (SSSR count). The summed E-state index contributed by atoms with van der Waals surface area (Å²) < 4.78 is 0. The molecule has 0 spiro atoms. The standard InChI is InChI=1S/C14H19NO/c1-3-13-10-15(14(16)11(13)2)9-12-7-5-4-6-8-12/h4-8,11,13H,3,9-10H2,1-2H3. The first-order valence-corrected chi connectivity index (χ1v) is 6.05. The summed E-state index contributed by atoms with van der Waals surface area (Å²) in [6.07, 6.45) is 1.10. The van der Waals surface area contributed by atoms with Crippen LogP contribution in [0.3, 0.4) is 0 Å². The van der Waals surface area contributed by atoms with Crippen molar-refractivity contribution < 1.29 is 4.79 Å². The Labute approximate surface area is 97.3 Å². The fourth-order valence-corrected chi connectivity index (χ4v) is 2.45. The second kappa shape index (κ2) is 4.69. The smallest absolute Gasteiger partial charge is 0.226 e. The van der Waals surface area contributed by atoms with Gasteiger partial charge in [-0.05, 0) is 11.5 Å². The van der Waals surface area contributed by atoms with E-state index in [0.717, 1.165) is 19.5 Å². The van der Waals surface area contributed by atoms with Crippen molar-refractivity contribution in [1.29, 1.82) is 0 Å². The van der Waals surface area contributed by atoms with E-state index in [1.807, 2.05) is 23.1 Å². The Bertz CT molecular complexity index is 360. The van der Waals surface area contributed by atoms with E-state index in [1.165, 1.54) is 5.56 Å². The van der Waals surface area contributed by atoms with Gasteiger partial charge in [0, 0.05) is 19.0 Å². The Kier molecular flexibility index (Phi) is 3.28. The molecule has 1 heterocycles. The Hall–Kier alpha value is -1.31. The van der Waals surface area contributed by atoms with Gasteiger partial charge in [0.2, 0.25) is 5.91 Å². The average molecular weight is 217 g/mol. The lowest BCUT2D eigenvalue weighted by atomic mass is 9.95. The number of benzene rings is 1. The van der Waals surface area contributed by atoms with Crippen LogP contribution in [0, 0.1) is 11.8 Å². The molecule has 0 saturated carbocycles. The van der Waals surface area contributed by atoms with Crippen molar-refractivity contribution >= 4 is 5.91 Å². The third-order valence-corrected chi connectivity index (χ3v) is 3.60. The molecule has 0 aromatic heterocycles. The van der Waals surface area contributed by atoms with Crippen LogP contribution in [-0.2, 0) is 11.3 Å². The third-order valence-electron chi connectivity index (χ3n) is 3.60. The number of carbonyl (C=O) groups is 1. The monoisotopic (exact) mass is 217 g/mol. The van der Waals surface area contributed by atoms with E-state index in [9.17, 15) is 4.79 Å². The molecule has 2 nitrogen and oxygen atoms in total. The number of nitrogens with zero attached hydrogens (tertiary/aromatic N) is 1. The summed E-state index contributed by atoms with van der Waals surface area (Å²) in [6.45, 7) is 5.91. The molecule has 1 aliphatic heterocycles. The van der Waals surface area contributed by atoms with Crippen molar-refractivity contribution in [3.05, 3.63) is 35.9 Å². The van der Waals surface area contributed by atoms with Crippen molar-refractivity contribution in [2.45, 2.75) is 26.8 Å². The molecule has 1 aliphatic rings. The predicted octanol–water partition coefficient (Wildman–Crippen LogP) is 2.69. The van der Waals surface area contributed by atoms with E-state index in [0.29, 0.717) is 11.8 Å². The van der Waals surface area contributed by atoms with Crippen LogP contribution in [0.15, 0.2) is 30.3 Å². The number of hydrogen-bond acceptors (Lipinski definition) is 1. The van der Waals surface area contributed by atoms with Gasteiger partial charge in [0.25, 0.3) is 0 Å². The van der Waals surface area contributed by atoms with Crippen LogP contribution in [0.1, 0.15) is 25.8 Å². The van der Waals surface area contributed by atoms with Gasteiger partial charge in [-0.3, -0.25) is 4.79 Å². The predicted molar refractivity (Wildman–Crippen MR) is 64.8 cm³/mol. The molecule has 0 aliphatic carbocycles. The minimum atomic E-state index is 0.203. The molecule has 0 radical (unpaired) electrons. The molecule has 2 heteroatoms. The lowest BCUT2D eigenvalue weighted by Crippen LogP contribution is -2.26. The quantitative estimate of drug-likeness (QED) is 0.762. The first kappa shape index (κ1) is 11.2. The van der Waals surface area contributed by atoms with E-state index in [1.54, 1.807) is 0 Å². The zero-order valence-electron chi connectivity index (χ0n) is 10.0. The first-order valence-electron chi connectivity index (χ1n) is 6.05. The summed E-state index contributed by atoms with van der Waals surface area (Å²) in [4.78, 5) is 14.0. The highest BCUT2D eigenvalue weighted by Gasteiger charge is 2.35. The highest BCUT2D eigenvalue weighted by molar-refractivity contribution is 5.81. The number of hydrogen-bond donors (Lipinski definition) is 0. The van der Waals surface area contributed by atoms with Gasteiger partial charge < -0.3 is 4.90 Å². The fourth-order valence-electron chi connectivity index (χ4n) is 2.45. The summed E-state index contributed by atoms with van der Waals surface area (Å²) in [5.41, 5.74) is 1.22. The van der Waals surface area contributed by atoms with E-state index in [2.05, 4.69) is 26.0 Å². The normalized spacial score (nSPS) is 25.1. The first-order chi connectivity index (χ1) is 7.72. The highest BCUT2D eigenvalue weighted by atomic mass is 16.2. The summed E-state index contributed by atoms with van der Waals surface area (Å²) in [5.74, 6) is 1.06. The van der Waals surface area contributed by atoms with Crippen molar-refractivity contribution in [3.8, 4) is 0 Å². The van der Waals surface area contributed by atoms with E-state index in [4.69, 9.17) is 0 Å². The highest BCUT2D eigenvalue weighted by Crippen LogP contribution is 2.27. The molecule has 1 amide bonds. The molecule has 16 heavy (non-hydrogen) atoms. The minimum Gasteiger partial charge on any atom is -0.338 e. The van der Waals surface area contributed by atoms with Gasteiger partial charge in [-0.2, -0.15) is 0 Å². The number of rotatable bonds is 3. The van der Waals surface area contributed by atoms with Gasteiger partial charge in [0.15, 0.2) is 0 Å².